The van der Waals surface area contributed by atoms with E-state index in [4.69, 9.17) is 23.2 Å². The molecule has 220 valence electrons. The van der Waals surface area contributed by atoms with Crippen LogP contribution in [0.4, 0.5) is 5.82 Å². The highest BCUT2D eigenvalue weighted by Crippen LogP contribution is 2.35. The predicted octanol–water partition coefficient (Wildman–Crippen LogP) is 4.76. The van der Waals surface area contributed by atoms with Crippen LogP contribution in [0.5, 0.6) is 0 Å². The number of halogens is 2. The van der Waals surface area contributed by atoms with Gasteiger partial charge in [0.2, 0.25) is 5.91 Å². The molecule has 3 aromatic rings. The third-order valence-electron chi connectivity index (χ3n) is 8.02. The quantitative estimate of drug-likeness (QED) is 0.321. The number of benzene rings is 1. The molecular formula is C29H38Cl2N8O2. The van der Waals surface area contributed by atoms with E-state index < -0.39 is 0 Å². The standard InChI is InChI=1S/C29H38Cl2N8O2/c1-7-24(40)38-13-17(14-38)33-28(41)25-26(31)34-23(39(25)18-8-9-37(15-18)16(2)3)12-32-27-19-10-20(29(4,5)6)21(30)11-22(19)35-36-27/h7,10-11,16-18H,1,8-9,12-15H2,2-6H3,(H,33,41)(H2,32,35,36)/t18-/m0/s1. The average Bonchev–Trinajstić information content (AvgIpc) is 3.59. The molecule has 1 aromatic carbocycles. The third kappa shape index (κ3) is 5.82. The van der Waals surface area contributed by atoms with Gasteiger partial charge in [0.15, 0.2) is 11.0 Å². The first-order chi connectivity index (χ1) is 19.4. The third-order valence-corrected chi connectivity index (χ3v) is 8.60. The van der Waals surface area contributed by atoms with Crippen molar-refractivity contribution in [3.8, 4) is 0 Å². The summed E-state index contributed by atoms with van der Waals surface area (Å²) in [6.07, 6.45) is 2.16. The van der Waals surface area contributed by atoms with E-state index >= 15 is 0 Å². The zero-order valence-electron chi connectivity index (χ0n) is 24.2. The average molecular weight is 602 g/mol. The molecule has 41 heavy (non-hydrogen) atoms. The molecule has 2 aliphatic heterocycles. The lowest BCUT2D eigenvalue weighted by Gasteiger charge is -2.39. The fraction of sp³-hybridized carbons (Fsp3) is 0.517. The highest BCUT2D eigenvalue weighted by molar-refractivity contribution is 6.32. The normalized spacial score (nSPS) is 18.2. The van der Waals surface area contributed by atoms with Crippen LogP contribution in [0.3, 0.4) is 0 Å². The molecule has 10 nitrogen and oxygen atoms in total. The summed E-state index contributed by atoms with van der Waals surface area (Å²) in [4.78, 5) is 34.1. The molecule has 2 aliphatic rings. The van der Waals surface area contributed by atoms with Gasteiger partial charge in [0.1, 0.15) is 11.5 Å². The zero-order valence-corrected chi connectivity index (χ0v) is 25.7. The Morgan fingerprint density at radius 1 is 1.22 bits per heavy atom. The lowest BCUT2D eigenvalue weighted by Crippen LogP contribution is -2.60. The Balaban J connectivity index is 1.42. The molecule has 0 saturated carbocycles. The van der Waals surface area contributed by atoms with Gasteiger partial charge in [0.05, 0.1) is 18.1 Å². The van der Waals surface area contributed by atoms with Crippen molar-refractivity contribution < 1.29 is 9.59 Å². The second-order valence-corrected chi connectivity index (χ2v) is 13.0. The number of rotatable bonds is 8. The van der Waals surface area contributed by atoms with Gasteiger partial charge in [0.25, 0.3) is 5.91 Å². The minimum Gasteiger partial charge on any atom is -0.361 e. The number of hydrogen-bond donors (Lipinski definition) is 3. The first-order valence-electron chi connectivity index (χ1n) is 14.0. The maximum Gasteiger partial charge on any atom is 0.271 e. The largest absolute Gasteiger partial charge is 0.361 e. The van der Waals surface area contributed by atoms with Crippen molar-refractivity contribution in [3.63, 3.8) is 0 Å². The van der Waals surface area contributed by atoms with E-state index in [9.17, 15) is 9.59 Å². The number of H-pyrrole nitrogens is 1. The van der Waals surface area contributed by atoms with Crippen LogP contribution < -0.4 is 10.6 Å². The van der Waals surface area contributed by atoms with Crippen LogP contribution >= 0.6 is 23.2 Å². The SMILES string of the molecule is C=CC(=O)N1CC(NC(=O)c2c(Cl)nc(CNc3n[nH]c4cc(Cl)c(C(C)(C)C)cc34)n2[C@H]2CCN(C(C)C)C2)C1. The molecule has 2 fully saturated rings. The Kier molecular flexibility index (Phi) is 8.11. The molecular weight excluding hydrogens is 563 g/mol. The second kappa shape index (κ2) is 11.3. The maximum absolute atomic E-state index is 13.5. The van der Waals surface area contributed by atoms with Gasteiger partial charge in [-0.2, -0.15) is 5.10 Å². The van der Waals surface area contributed by atoms with Crippen LogP contribution in [0.1, 0.15) is 69.0 Å². The minimum absolute atomic E-state index is 0.0393. The number of aromatic amines is 1. The first-order valence-corrected chi connectivity index (χ1v) is 14.8. The molecule has 1 atom stereocenters. The molecule has 12 heteroatoms. The van der Waals surface area contributed by atoms with Crippen LogP contribution in [0.2, 0.25) is 10.2 Å². The number of fused-ring (bicyclic) bond motifs is 1. The van der Waals surface area contributed by atoms with Crippen molar-refractivity contribution in [3.05, 3.63) is 52.0 Å². The summed E-state index contributed by atoms with van der Waals surface area (Å²) in [5.74, 6) is 0.904. The molecule has 0 bridgehead atoms. The van der Waals surface area contributed by atoms with Crippen LogP contribution in [0.25, 0.3) is 10.9 Å². The first kappa shape index (κ1) is 29.4. The summed E-state index contributed by atoms with van der Waals surface area (Å²) in [5.41, 5.74) is 2.08. The lowest BCUT2D eigenvalue weighted by atomic mass is 9.86. The molecule has 5 rings (SSSR count). The van der Waals surface area contributed by atoms with E-state index in [0.717, 1.165) is 36.0 Å². The molecule has 0 aliphatic carbocycles. The summed E-state index contributed by atoms with van der Waals surface area (Å²) in [7, 11) is 0. The number of hydrogen-bond acceptors (Lipinski definition) is 6. The van der Waals surface area contributed by atoms with Gasteiger partial charge in [-0.3, -0.25) is 19.6 Å². The van der Waals surface area contributed by atoms with Gasteiger partial charge in [0, 0.05) is 48.7 Å². The van der Waals surface area contributed by atoms with Crippen LogP contribution in [0.15, 0.2) is 24.8 Å². The smallest absolute Gasteiger partial charge is 0.271 e. The van der Waals surface area contributed by atoms with Crippen molar-refractivity contribution in [2.45, 2.75) is 71.1 Å². The van der Waals surface area contributed by atoms with Gasteiger partial charge < -0.3 is 20.1 Å². The molecule has 0 radical (unpaired) electrons. The number of carbonyl (C=O) groups excluding carboxylic acids is 2. The van der Waals surface area contributed by atoms with Crippen molar-refractivity contribution in [2.24, 2.45) is 0 Å². The van der Waals surface area contributed by atoms with Gasteiger partial charge >= 0.3 is 0 Å². The maximum atomic E-state index is 13.5. The van der Waals surface area contributed by atoms with Crippen molar-refractivity contribution >= 4 is 51.7 Å². The van der Waals surface area contributed by atoms with Crippen LogP contribution in [0, 0.1) is 0 Å². The number of anilines is 1. The van der Waals surface area contributed by atoms with Crippen molar-refractivity contribution in [1.29, 1.82) is 0 Å². The van der Waals surface area contributed by atoms with Gasteiger partial charge in [-0.25, -0.2) is 4.98 Å². The number of nitrogens with zero attached hydrogens (tertiary/aromatic N) is 5. The topological polar surface area (TPSA) is 111 Å². The molecule has 3 N–H and O–H groups in total. The van der Waals surface area contributed by atoms with E-state index in [1.807, 2.05) is 10.6 Å². The molecule has 0 spiro atoms. The van der Waals surface area contributed by atoms with Crippen molar-refractivity contribution in [1.82, 2.24) is 34.9 Å². The number of imidazole rings is 1. The Hall–Kier alpha value is -3.08. The van der Waals surface area contributed by atoms with Gasteiger partial charge in [-0.1, -0.05) is 50.6 Å². The summed E-state index contributed by atoms with van der Waals surface area (Å²) in [6.45, 7) is 17.2. The van der Waals surface area contributed by atoms with E-state index in [1.165, 1.54) is 6.08 Å². The van der Waals surface area contributed by atoms with Crippen LogP contribution in [-0.2, 0) is 16.8 Å². The molecule has 2 saturated heterocycles. The summed E-state index contributed by atoms with van der Waals surface area (Å²) in [5, 5.41) is 15.8. The summed E-state index contributed by atoms with van der Waals surface area (Å²) in [6, 6.07) is 4.25. The minimum atomic E-state index is -0.290. The summed E-state index contributed by atoms with van der Waals surface area (Å²) >= 11 is 13.2. The van der Waals surface area contributed by atoms with Crippen LogP contribution in [-0.4, -0.2) is 79.6 Å². The highest BCUT2D eigenvalue weighted by Gasteiger charge is 2.35. The van der Waals surface area contributed by atoms with Gasteiger partial charge in [-0.05, 0) is 49.5 Å². The fourth-order valence-corrected chi connectivity index (χ4v) is 6.38. The molecule has 2 amide bonds. The van der Waals surface area contributed by atoms with E-state index in [1.54, 1.807) is 4.90 Å². The monoisotopic (exact) mass is 600 g/mol. The molecule has 2 aromatic heterocycles. The molecule has 0 unspecified atom stereocenters. The lowest BCUT2D eigenvalue weighted by molar-refractivity contribution is -0.130. The van der Waals surface area contributed by atoms with Crippen molar-refractivity contribution in [2.75, 3.05) is 31.5 Å². The predicted molar refractivity (Wildman–Crippen MR) is 163 cm³/mol. The zero-order chi connectivity index (χ0) is 29.6. The van der Waals surface area contributed by atoms with Gasteiger partial charge in [-0.15, -0.1) is 0 Å². The number of likely N-dealkylation sites (tertiary alicyclic amines) is 2. The fourth-order valence-electron chi connectivity index (χ4n) is 5.66. The number of amides is 2. The van der Waals surface area contributed by atoms with E-state index in [0.29, 0.717) is 48.0 Å². The number of aromatic nitrogens is 4. The molecule has 4 heterocycles. The second-order valence-electron chi connectivity index (χ2n) is 12.2. The Bertz CT molecular complexity index is 1480. The Morgan fingerprint density at radius 3 is 2.59 bits per heavy atom. The van der Waals surface area contributed by atoms with E-state index in [-0.39, 0.29) is 34.5 Å². The highest BCUT2D eigenvalue weighted by atomic mass is 35.5. The van der Waals surface area contributed by atoms with E-state index in [2.05, 4.69) is 78.0 Å². The Labute approximate surface area is 250 Å². The Morgan fingerprint density at radius 2 is 1.95 bits per heavy atom. The number of carbonyl (C=O) groups is 2. The number of nitrogens with one attached hydrogen (secondary N) is 3. The summed E-state index contributed by atoms with van der Waals surface area (Å²) < 4.78 is 1.99.